The van der Waals surface area contributed by atoms with Crippen molar-refractivity contribution in [2.75, 3.05) is 11.9 Å². The highest BCUT2D eigenvalue weighted by Crippen LogP contribution is 2.31. The number of carboxylic acids is 1. The normalized spacial score (nSPS) is 14.2. The van der Waals surface area contributed by atoms with Gasteiger partial charge in [0.2, 0.25) is 5.91 Å². The van der Waals surface area contributed by atoms with Crippen LogP contribution in [0.3, 0.4) is 0 Å². The number of alkyl halides is 3. The molecule has 0 fully saturated rings. The van der Waals surface area contributed by atoms with E-state index in [2.05, 4.69) is 16.6 Å². The molecule has 3 atom stereocenters. The number of carboxylic acid groups (broad SMARTS) is 1. The molecule has 11 heteroatoms. The Bertz CT molecular complexity index is 801. The molecule has 0 bridgehead atoms. The number of amides is 2. The fraction of sp³-hybridized carbons (Fsp3) is 0.421. The molecule has 30 heavy (non-hydrogen) atoms. The highest BCUT2D eigenvalue weighted by atomic mass is 35.5. The number of rotatable bonds is 9. The third-order valence-electron chi connectivity index (χ3n) is 4.20. The summed E-state index contributed by atoms with van der Waals surface area (Å²) in [7, 11) is 0. The molecule has 166 valence electrons. The molecule has 0 unspecified atom stereocenters. The molecule has 1 aromatic carbocycles. The number of anilines is 1. The maximum atomic E-state index is 13.2. The lowest BCUT2D eigenvalue weighted by atomic mass is 9.97. The van der Waals surface area contributed by atoms with Crippen LogP contribution >= 0.6 is 11.6 Å². The molecule has 3 N–H and O–H groups in total. The Hall–Kier alpha value is -2.75. The van der Waals surface area contributed by atoms with E-state index in [1.807, 2.05) is 5.32 Å². The number of carbonyl (C=O) groups is 3. The molecule has 1 rings (SSSR count). The van der Waals surface area contributed by atoms with Gasteiger partial charge in [-0.25, -0.2) is 4.79 Å². The predicted molar refractivity (Wildman–Crippen MR) is 104 cm³/mol. The van der Waals surface area contributed by atoms with Gasteiger partial charge in [0.1, 0.15) is 12.6 Å². The molecular weight excluding hydrogens is 429 g/mol. The summed E-state index contributed by atoms with van der Waals surface area (Å²) in [5.74, 6) is -4.88. The number of carbonyl (C=O) groups excluding carboxylic acids is 2. The summed E-state index contributed by atoms with van der Waals surface area (Å²) >= 11 is 6.02. The molecule has 7 nitrogen and oxygen atoms in total. The van der Waals surface area contributed by atoms with Crippen LogP contribution in [0.5, 0.6) is 0 Å². The Kier molecular flexibility index (Phi) is 9.16. The summed E-state index contributed by atoms with van der Waals surface area (Å²) in [5.41, 5.74) is 0.493. The first-order valence-electron chi connectivity index (χ1n) is 8.79. The summed E-state index contributed by atoms with van der Waals surface area (Å²) in [5, 5.41) is 13.1. The number of benzene rings is 1. The van der Waals surface area contributed by atoms with E-state index < -0.39 is 42.0 Å². The van der Waals surface area contributed by atoms with Gasteiger partial charge in [-0.1, -0.05) is 44.2 Å². The minimum Gasteiger partial charge on any atom is -0.481 e. The zero-order valence-corrected chi connectivity index (χ0v) is 17.0. The second kappa shape index (κ2) is 10.9. The van der Waals surface area contributed by atoms with E-state index in [-0.39, 0.29) is 23.7 Å². The van der Waals surface area contributed by atoms with Crippen LogP contribution < -0.4 is 10.6 Å². The van der Waals surface area contributed by atoms with Gasteiger partial charge >= 0.3 is 18.2 Å². The predicted octanol–water partition coefficient (Wildman–Crippen LogP) is 4.34. The van der Waals surface area contributed by atoms with Crippen molar-refractivity contribution in [3.63, 3.8) is 0 Å². The minimum absolute atomic E-state index is 0.0166. The van der Waals surface area contributed by atoms with Crippen molar-refractivity contribution < 1.29 is 37.4 Å². The van der Waals surface area contributed by atoms with E-state index >= 15 is 0 Å². The first-order chi connectivity index (χ1) is 13.9. The first kappa shape index (κ1) is 25.3. The van der Waals surface area contributed by atoms with Crippen LogP contribution in [0, 0.1) is 5.92 Å². The number of alkyl carbamates (subject to hydrolysis) is 1. The monoisotopic (exact) mass is 450 g/mol. The van der Waals surface area contributed by atoms with Crippen LogP contribution in [0.1, 0.15) is 31.7 Å². The standard InChI is InChI=1S/C19H22ClF3N2O5/c1-4-7-30-18(29)25-16(11(3)19(21,22)23)17(28)24-14-9-12(5-6-13(14)20)10(2)8-15(26)27/h4-6,9-11,16H,1,7-8H2,2-3H3,(H,24,28)(H,25,29)(H,26,27)/t10-,11+,16-/m0/s1. The van der Waals surface area contributed by atoms with E-state index in [4.69, 9.17) is 16.7 Å². The lowest BCUT2D eigenvalue weighted by Gasteiger charge is -2.26. The van der Waals surface area contributed by atoms with Crippen molar-refractivity contribution >= 4 is 35.3 Å². The Balaban J connectivity index is 3.11. The molecule has 0 aromatic heterocycles. The quantitative estimate of drug-likeness (QED) is 0.485. The topological polar surface area (TPSA) is 105 Å². The Morgan fingerprint density at radius 2 is 1.93 bits per heavy atom. The van der Waals surface area contributed by atoms with Gasteiger partial charge in [-0.2, -0.15) is 13.2 Å². The van der Waals surface area contributed by atoms with E-state index in [0.29, 0.717) is 5.56 Å². The average molecular weight is 451 g/mol. The molecule has 0 saturated heterocycles. The van der Waals surface area contributed by atoms with Gasteiger partial charge in [0.05, 0.1) is 23.0 Å². The first-order valence-corrected chi connectivity index (χ1v) is 9.17. The van der Waals surface area contributed by atoms with Gasteiger partial charge in [0, 0.05) is 0 Å². The molecule has 2 amide bonds. The van der Waals surface area contributed by atoms with Gasteiger partial charge in [-0.15, -0.1) is 0 Å². The van der Waals surface area contributed by atoms with Crippen LogP contribution in [-0.2, 0) is 14.3 Å². The molecule has 0 saturated carbocycles. The largest absolute Gasteiger partial charge is 0.481 e. The summed E-state index contributed by atoms with van der Waals surface area (Å²) in [6, 6.07) is 2.31. The van der Waals surface area contributed by atoms with Crippen molar-refractivity contribution in [1.82, 2.24) is 5.32 Å². The number of ether oxygens (including phenoxy) is 1. The van der Waals surface area contributed by atoms with E-state index in [9.17, 15) is 27.6 Å². The van der Waals surface area contributed by atoms with Crippen LogP contribution in [0.15, 0.2) is 30.9 Å². The van der Waals surface area contributed by atoms with Gasteiger partial charge < -0.3 is 20.5 Å². The average Bonchev–Trinajstić information content (AvgIpc) is 2.64. The molecule has 0 aliphatic heterocycles. The van der Waals surface area contributed by atoms with Crippen molar-refractivity contribution in [1.29, 1.82) is 0 Å². The molecule has 0 spiro atoms. The maximum Gasteiger partial charge on any atom is 0.408 e. The van der Waals surface area contributed by atoms with Crippen molar-refractivity contribution in [3.8, 4) is 0 Å². The number of nitrogens with one attached hydrogen (secondary N) is 2. The Morgan fingerprint density at radius 1 is 1.30 bits per heavy atom. The van der Waals surface area contributed by atoms with E-state index in [1.165, 1.54) is 18.2 Å². The molecule has 0 aliphatic rings. The molecular formula is C19H22ClF3N2O5. The lowest BCUT2D eigenvalue weighted by Crippen LogP contribution is -2.52. The van der Waals surface area contributed by atoms with Crippen LogP contribution in [0.2, 0.25) is 5.02 Å². The van der Waals surface area contributed by atoms with Crippen LogP contribution in [-0.4, -0.2) is 41.9 Å². The Labute approximate surface area is 176 Å². The molecule has 0 radical (unpaired) electrons. The highest BCUT2D eigenvalue weighted by molar-refractivity contribution is 6.33. The van der Waals surface area contributed by atoms with Crippen molar-refractivity contribution in [2.45, 2.75) is 38.4 Å². The maximum absolute atomic E-state index is 13.2. The molecule has 0 heterocycles. The fourth-order valence-corrected chi connectivity index (χ4v) is 2.61. The van der Waals surface area contributed by atoms with E-state index in [1.54, 1.807) is 13.0 Å². The SMILES string of the molecule is C=CCOC(=O)N[C@H](C(=O)Nc1cc([C@@H](C)CC(=O)O)ccc1Cl)[C@@H](C)C(F)(F)F. The zero-order valence-electron chi connectivity index (χ0n) is 16.3. The number of hydrogen-bond acceptors (Lipinski definition) is 4. The summed E-state index contributed by atoms with van der Waals surface area (Å²) in [4.78, 5) is 35.2. The van der Waals surface area contributed by atoms with Crippen LogP contribution in [0.25, 0.3) is 0 Å². The third kappa shape index (κ3) is 7.58. The lowest BCUT2D eigenvalue weighted by molar-refractivity contribution is -0.178. The number of hydrogen-bond donors (Lipinski definition) is 3. The smallest absolute Gasteiger partial charge is 0.408 e. The fourth-order valence-electron chi connectivity index (χ4n) is 2.45. The second-order valence-corrected chi connectivity index (χ2v) is 6.97. The van der Waals surface area contributed by atoms with Crippen molar-refractivity contribution in [2.24, 2.45) is 5.92 Å². The van der Waals surface area contributed by atoms with Gasteiger partial charge in [-0.05, 0) is 23.6 Å². The summed E-state index contributed by atoms with van der Waals surface area (Å²) in [6.07, 6.45) is -4.98. The Morgan fingerprint density at radius 3 is 2.47 bits per heavy atom. The molecule has 1 aromatic rings. The van der Waals surface area contributed by atoms with Gasteiger partial charge in [0.15, 0.2) is 0 Å². The minimum atomic E-state index is -4.78. The van der Waals surface area contributed by atoms with Gasteiger partial charge in [-0.3, -0.25) is 9.59 Å². The number of halogens is 4. The zero-order chi connectivity index (χ0) is 23.1. The van der Waals surface area contributed by atoms with Gasteiger partial charge in [0.25, 0.3) is 0 Å². The third-order valence-corrected chi connectivity index (χ3v) is 4.53. The second-order valence-electron chi connectivity index (χ2n) is 6.57. The summed E-state index contributed by atoms with van der Waals surface area (Å²) in [6.45, 7) is 5.43. The highest BCUT2D eigenvalue weighted by Gasteiger charge is 2.45. The van der Waals surface area contributed by atoms with Crippen molar-refractivity contribution in [3.05, 3.63) is 41.4 Å². The van der Waals surface area contributed by atoms with Crippen LogP contribution in [0.4, 0.5) is 23.7 Å². The van der Waals surface area contributed by atoms with E-state index in [0.717, 1.165) is 6.92 Å². The summed E-state index contributed by atoms with van der Waals surface area (Å²) < 4.78 is 44.2. The molecule has 0 aliphatic carbocycles. The number of aliphatic carboxylic acids is 1.